The van der Waals surface area contributed by atoms with Crippen molar-refractivity contribution in [3.8, 4) is 0 Å². The summed E-state index contributed by atoms with van der Waals surface area (Å²) in [4.78, 5) is 14.3. The minimum Gasteiger partial charge on any atom is -0.352 e. The maximum absolute atomic E-state index is 11.9. The van der Waals surface area contributed by atoms with Gasteiger partial charge in [0.25, 0.3) is 5.91 Å². The Balaban J connectivity index is 1.66. The van der Waals surface area contributed by atoms with Gasteiger partial charge in [-0.25, -0.2) is 0 Å². The largest absolute Gasteiger partial charge is 0.352 e. The number of benzene rings is 1. The number of carbonyl (C=O) groups is 1. The van der Waals surface area contributed by atoms with Crippen LogP contribution < -0.4 is 10.6 Å². The van der Waals surface area contributed by atoms with Crippen LogP contribution in [0.1, 0.15) is 16.8 Å². The highest BCUT2D eigenvalue weighted by atomic mass is 127. The van der Waals surface area contributed by atoms with E-state index in [9.17, 15) is 4.79 Å². The first kappa shape index (κ1) is 14.7. The van der Waals surface area contributed by atoms with Gasteiger partial charge in [-0.3, -0.25) is 4.79 Å². The van der Waals surface area contributed by atoms with Crippen molar-refractivity contribution >= 4 is 28.5 Å². The van der Waals surface area contributed by atoms with Crippen LogP contribution in [-0.2, 0) is 0 Å². The maximum atomic E-state index is 11.9. The highest BCUT2D eigenvalue weighted by Gasteiger charge is 2.09. The minimum atomic E-state index is 0.0267. The molecular formula is C14H20IN3O. The molecule has 104 valence electrons. The first-order valence-electron chi connectivity index (χ1n) is 6.72. The second-order valence-corrected chi connectivity index (χ2v) is 5.96. The van der Waals surface area contributed by atoms with E-state index >= 15 is 0 Å². The standard InChI is InChI=1S/C14H20IN3O/c15-13-4-1-3-12(11-13)14(19)17-5-2-8-18-9-6-16-7-10-18/h1,3-4,11,16H,2,5-10H2,(H,17,19). The van der Waals surface area contributed by atoms with Crippen molar-refractivity contribution < 1.29 is 4.79 Å². The molecule has 0 aromatic heterocycles. The fourth-order valence-corrected chi connectivity index (χ4v) is 2.71. The van der Waals surface area contributed by atoms with E-state index in [1.54, 1.807) is 0 Å². The van der Waals surface area contributed by atoms with E-state index in [1.807, 2.05) is 24.3 Å². The molecule has 1 aliphatic rings. The van der Waals surface area contributed by atoms with E-state index in [0.29, 0.717) is 0 Å². The summed E-state index contributed by atoms with van der Waals surface area (Å²) in [6.45, 7) is 6.20. The monoisotopic (exact) mass is 373 g/mol. The Bertz CT molecular complexity index is 419. The summed E-state index contributed by atoms with van der Waals surface area (Å²) in [5.74, 6) is 0.0267. The predicted molar refractivity (Wildman–Crippen MR) is 85.4 cm³/mol. The number of hydrogen-bond acceptors (Lipinski definition) is 3. The molecule has 0 saturated carbocycles. The zero-order valence-electron chi connectivity index (χ0n) is 11.0. The van der Waals surface area contributed by atoms with Gasteiger partial charge < -0.3 is 15.5 Å². The third-order valence-corrected chi connectivity index (χ3v) is 3.90. The molecule has 0 atom stereocenters. The molecule has 1 saturated heterocycles. The van der Waals surface area contributed by atoms with Crippen LogP contribution in [0.15, 0.2) is 24.3 Å². The number of rotatable bonds is 5. The molecule has 4 nitrogen and oxygen atoms in total. The third-order valence-electron chi connectivity index (χ3n) is 3.23. The van der Waals surface area contributed by atoms with Crippen molar-refractivity contribution in [3.63, 3.8) is 0 Å². The van der Waals surface area contributed by atoms with E-state index in [4.69, 9.17) is 0 Å². The molecule has 1 aromatic rings. The molecule has 0 spiro atoms. The van der Waals surface area contributed by atoms with Crippen molar-refractivity contribution in [1.82, 2.24) is 15.5 Å². The average molecular weight is 373 g/mol. The number of nitrogens with one attached hydrogen (secondary N) is 2. The number of amides is 1. The van der Waals surface area contributed by atoms with E-state index < -0.39 is 0 Å². The molecule has 1 fully saturated rings. The van der Waals surface area contributed by atoms with Gasteiger partial charge in [0.1, 0.15) is 0 Å². The number of piperazine rings is 1. The lowest BCUT2D eigenvalue weighted by molar-refractivity contribution is 0.0951. The lowest BCUT2D eigenvalue weighted by Crippen LogP contribution is -2.44. The molecule has 0 radical (unpaired) electrons. The molecule has 19 heavy (non-hydrogen) atoms. The molecule has 2 N–H and O–H groups in total. The number of carbonyl (C=O) groups excluding carboxylic acids is 1. The topological polar surface area (TPSA) is 44.4 Å². The van der Waals surface area contributed by atoms with Crippen molar-refractivity contribution in [2.45, 2.75) is 6.42 Å². The van der Waals surface area contributed by atoms with Gasteiger partial charge in [0, 0.05) is 41.9 Å². The maximum Gasteiger partial charge on any atom is 0.251 e. The highest BCUT2D eigenvalue weighted by Crippen LogP contribution is 2.07. The Morgan fingerprint density at radius 1 is 1.37 bits per heavy atom. The third kappa shape index (κ3) is 5.08. The second kappa shape index (κ2) is 7.81. The summed E-state index contributed by atoms with van der Waals surface area (Å²) >= 11 is 2.22. The van der Waals surface area contributed by atoms with E-state index in [-0.39, 0.29) is 5.91 Å². The molecule has 1 amide bonds. The van der Waals surface area contributed by atoms with Crippen LogP contribution in [-0.4, -0.2) is 50.1 Å². The van der Waals surface area contributed by atoms with Gasteiger partial charge in [0.05, 0.1) is 0 Å². The summed E-state index contributed by atoms with van der Waals surface area (Å²) < 4.78 is 1.09. The molecule has 5 heteroatoms. The van der Waals surface area contributed by atoms with Crippen LogP contribution in [0.3, 0.4) is 0 Å². The minimum absolute atomic E-state index is 0.0267. The van der Waals surface area contributed by atoms with Crippen molar-refractivity contribution in [2.24, 2.45) is 0 Å². The van der Waals surface area contributed by atoms with Crippen molar-refractivity contribution in [1.29, 1.82) is 0 Å². The fourth-order valence-electron chi connectivity index (χ4n) is 2.17. The summed E-state index contributed by atoms with van der Waals surface area (Å²) in [5, 5.41) is 6.32. The summed E-state index contributed by atoms with van der Waals surface area (Å²) in [7, 11) is 0. The molecular weight excluding hydrogens is 353 g/mol. The van der Waals surface area contributed by atoms with Gasteiger partial charge >= 0.3 is 0 Å². The van der Waals surface area contributed by atoms with Crippen LogP contribution in [0.25, 0.3) is 0 Å². The van der Waals surface area contributed by atoms with E-state index in [1.165, 1.54) is 0 Å². The van der Waals surface area contributed by atoms with Gasteiger partial charge in [-0.2, -0.15) is 0 Å². The van der Waals surface area contributed by atoms with Crippen LogP contribution in [0.2, 0.25) is 0 Å². The molecule has 1 aliphatic heterocycles. The van der Waals surface area contributed by atoms with Gasteiger partial charge in [0.15, 0.2) is 0 Å². The molecule has 2 rings (SSSR count). The molecule has 1 aromatic carbocycles. The SMILES string of the molecule is O=C(NCCCN1CCNCC1)c1cccc(I)c1. The lowest BCUT2D eigenvalue weighted by Gasteiger charge is -2.27. The Kier molecular flexibility index (Phi) is 6.06. The predicted octanol–water partition coefficient (Wildman–Crippen LogP) is 1.32. The Labute approximate surface area is 128 Å². The van der Waals surface area contributed by atoms with Crippen LogP contribution in [0.4, 0.5) is 0 Å². The average Bonchev–Trinajstić information content (AvgIpc) is 2.44. The molecule has 0 bridgehead atoms. The van der Waals surface area contributed by atoms with Crippen molar-refractivity contribution in [3.05, 3.63) is 33.4 Å². The van der Waals surface area contributed by atoms with Crippen LogP contribution >= 0.6 is 22.6 Å². The summed E-state index contributed by atoms with van der Waals surface area (Å²) in [6, 6.07) is 7.67. The highest BCUT2D eigenvalue weighted by molar-refractivity contribution is 14.1. The number of hydrogen-bond donors (Lipinski definition) is 2. The number of nitrogens with zero attached hydrogens (tertiary/aromatic N) is 1. The Morgan fingerprint density at radius 2 is 2.16 bits per heavy atom. The normalized spacial score (nSPS) is 16.3. The zero-order chi connectivity index (χ0) is 13.5. The van der Waals surface area contributed by atoms with Crippen LogP contribution in [0, 0.1) is 3.57 Å². The first-order chi connectivity index (χ1) is 9.25. The first-order valence-corrected chi connectivity index (χ1v) is 7.80. The van der Waals surface area contributed by atoms with Crippen molar-refractivity contribution in [2.75, 3.05) is 39.3 Å². The van der Waals surface area contributed by atoms with Gasteiger partial charge in [-0.05, 0) is 53.8 Å². The smallest absolute Gasteiger partial charge is 0.251 e. The molecule has 1 heterocycles. The fraction of sp³-hybridized carbons (Fsp3) is 0.500. The van der Waals surface area contributed by atoms with Crippen LogP contribution in [0.5, 0.6) is 0 Å². The van der Waals surface area contributed by atoms with Gasteiger partial charge in [0.2, 0.25) is 0 Å². The number of halogens is 1. The van der Waals surface area contributed by atoms with Gasteiger partial charge in [-0.15, -0.1) is 0 Å². The molecule has 0 unspecified atom stereocenters. The second-order valence-electron chi connectivity index (χ2n) is 4.71. The lowest BCUT2D eigenvalue weighted by atomic mass is 10.2. The summed E-state index contributed by atoms with van der Waals surface area (Å²) in [6.07, 6.45) is 1.01. The summed E-state index contributed by atoms with van der Waals surface area (Å²) in [5.41, 5.74) is 0.745. The quantitative estimate of drug-likeness (QED) is 0.605. The van der Waals surface area contributed by atoms with E-state index in [0.717, 1.165) is 54.8 Å². The zero-order valence-corrected chi connectivity index (χ0v) is 13.2. The molecule has 0 aliphatic carbocycles. The Hall–Kier alpha value is -0.660. The van der Waals surface area contributed by atoms with Gasteiger partial charge in [-0.1, -0.05) is 6.07 Å². The van der Waals surface area contributed by atoms with E-state index in [2.05, 4.69) is 38.1 Å². The Morgan fingerprint density at radius 3 is 2.89 bits per heavy atom.